The van der Waals surface area contributed by atoms with Gasteiger partial charge in [-0.2, -0.15) is 35.1 Å². The van der Waals surface area contributed by atoms with Gasteiger partial charge in [-0.05, 0) is 0 Å². The van der Waals surface area contributed by atoms with E-state index >= 15 is 0 Å². The van der Waals surface area contributed by atoms with E-state index in [1.54, 1.807) is 0 Å². The van der Waals surface area contributed by atoms with Crippen LogP contribution in [0.4, 0.5) is 39.9 Å². The van der Waals surface area contributed by atoms with Crippen LogP contribution in [0.3, 0.4) is 0 Å². The number of alkyl halides is 8. The predicted octanol–water partition coefficient (Wildman–Crippen LogP) is 3.18. The van der Waals surface area contributed by atoms with Gasteiger partial charge in [-0.1, -0.05) is 6.08 Å². The van der Waals surface area contributed by atoms with Crippen LogP contribution < -0.4 is 0 Å². The summed E-state index contributed by atoms with van der Waals surface area (Å²) in [5.74, 6) is -9.56. The molecule has 122 valence electrons. The molecule has 0 bridgehead atoms. The Bertz CT molecular complexity index is 426. The molecule has 0 amide bonds. The molecule has 1 aliphatic rings. The van der Waals surface area contributed by atoms with Crippen LogP contribution in [-0.4, -0.2) is 43.4 Å². The van der Waals surface area contributed by atoms with Gasteiger partial charge >= 0.3 is 30.2 Å². The third-order valence-corrected chi connectivity index (χ3v) is 2.18. The second-order valence-corrected chi connectivity index (χ2v) is 3.72. The van der Waals surface area contributed by atoms with Gasteiger partial charge in [0.2, 0.25) is 0 Å². The van der Waals surface area contributed by atoms with Crippen molar-refractivity contribution in [1.29, 1.82) is 0 Å². The Hall–Kier alpha value is -1.59. The van der Waals surface area contributed by atoms with Crippen LogP contribution in [0.15, 0.2) is 12.2 Å². The number of hydrogen-bond acceptors (Lipinski definition) is 4. The molecule has 0 radical (unpaired) electrons. The van der Waals surface area contributed by atoms with E-state index < -0.39 is 49.5 Å². The van der Waals surface area contributed by atoms with Crippen LogP contribution in [0.1, 0.15) is 0 Å². The molecule has 12 heteroatoms. The molecule has 0 aromatic carbocycles. The average molecular weight is 330 g/mol. The van der Waals surface area contributed by atoms with E-state index in [4.69, 9.17) is 0 Å². The molecule has 4 nitrogen and oxygen atoms in total. The number of ether oxygens (including phenoxy) is 3. The van der Waals surface area contributed by atoms with Crippen LogP contribution in [0, 0.1) is 0 Å². The number of carbonyl (C=O) groups excluding carboxylic acids is 1. The highest BCUT2D eigenvalue weighted by atomic mass is 19.4. The molecule has 0 aliphatic carbocycles. The first-order valence-electron chi connectivity index (χ1n) is 4.99. The SMILES string of the molecule is O=C1OCC(OC/C=C\C(F)(F)F)(C(F)(F)C(F)(F)F)O1. The number of cyclic esters (lactones) is 2. The lowest BCUT2D eigenvalue weighted by atomic mass is 10.1. The smallest absolute Gasteiger partial charge is 0.427 e. The molecule has 1 atom stereocenters. The van der Waals surface area contributed by atoms with Gasteiger partial charge in [-0.25, -0.2) is 4.79 Å². The van der Waals surface area contributed by atoms with E-state index in [-0.39, 0.29) is 6.08 Å². The Kier molecular flexibility index (Phi) is 4.42. The molecule has 21 heavy (non-hydrogen) atoms. The fourth-order valence-corrected chi connectivity index (χ4v) is 1.24. The van der Waals surface area contributed by atoms with Gasteiger partial charge in [-0.15, -0.1) is 0 Å². The lowest BCUT2D eigenvalue weighted by Gasteiger charge is -2.33. The maximum Gasteiger partial charge on any atom is 0.511 e. The van der Waals surface area contributed by atoms with Crippen molar-refractivity contribution in [2.75, 3.05) is 13.2 Å². The van der Waals surface area contributed by atoms with E-state index in [0.29, 0.717) is 0 Å². The summed E-state index contributed by atoms with van der Waals surface area (Å²) >= 11 is 0. The number of allylic oxidation sites excluding steroid dienone is 1. The van der Waals surface area contributed by atoms with Crippen molar-refractivity contribution in [1.82, 2.24) is 0 Å². The monoisotopic (exact) mass is 330 g/mol. The van der Waals surface area contributed by atoms with Crippen LogP contribution >= 0.6 is 0 Å². The third kappa shape index (κ3) is 3.74. The van der Waals surface area contributed by atoms with Gasteiger partial charge in [0, 0.05) is 6.08 Å². The van der Waals surface area contributed by atoms with Crippen molar-refractivity contribution in [2.24, 2.45) is 0 Å². The number of halogens is 8. The van der Waals surface area contributed by atoms with Gasteiger partial charge in [0.25, 0.3) is 0 Å². The first-order valence-corrected chi connectivity index (χ1v) is 4.99. The summed E-state index contributed by atoms with van der Waals surface area (Å²) in [6, 6.07) is 0. The van der Waals surface area contributed by atoms with Crippen molar-refractivity contribution in [3.63, 3.8) is 0 Å². The molecule has 1 saturated heterocycles. The highest BCUT2D eigenvalue weighted by Gasteiger charge is 2.76. The quantitative estimate of drug-likeness (QED) is 0.451. The summed E-state index contributed by atoms with van der Waals surface area (Å²) < 4.78 is 110. The Morgan fingerprint density at radius 1 is 1.14 bits per heavy atom. The highest BCUT2D eigenvalue weighted by Crippen LogP contribution is 2.48. The van der Waals surface area contributed by atoms with E-state index in [1.807, 2.05) is 0 Å². The second-order valence-electron chi connectivity index (χ2n) is 3.72. The standard InChI is InChI=1S/C9H6F8O4/c10-7(11,12)2-1-3-20-6(4-19-5(18)21-6)8(13,14)9(15,16)17/h1-2H,3-4H2/b2-1-. The zero-order valence-electron chi connectivity index (χ0n) is 9.73. The normalized spacial score (nSPS) is 24.3. The number of carbonyl (C=O) groups is 1. The molecule has 1 unspecified atom stereocenters. The second kappa shape index (κ2) is 5.31. The molecule has 0 spiro atoms. The summed E-state index contributed by atoms with van der Waals surface area (Å²) in [6.45, 7) is -2.94. The fourth-order valence-electron chi connectivity index (χ4n) is 1.24. The Labute approximate surface area is 111 Å². The lowest BCUT2D eigenvalue weighted by molar-refractivity contribution is -0.392. The van der Waals surface area contributed by atoms with Crippen molar-refractivity contribution in [3.05, 3.63) is 12.2 Å². The number of hydrogen-bond donors (Lipinski definition) is 0. The molecule has 0 aromatic heterocycles. The van der Waals surface area contributed by atoms with Crippen LogP contribution in [0.2, 0.25) is 0 Å². The number of rotatable bonds is 4. The van der Waals surface area contributed by atoms with Gasteiger partial charge in [0.1, 0.15) is 0 Å². The third-order valence-electron chi connectivity index (χ3n) is 2.18. The first-order chi connectivity index (χ1) is 9.31. The van der Waals surface area contributed by atoms with E-state index in [2.05, 4.69) is 14.2 Å². The Morgan fingerprint density at radius 3 is 2.10 bits per heavy atom. The maximum absolute atomic E-state index is 13.3. The van der Waals surface area contributed by atoms with Crippen molar-refractivity contribution in [2.45, 2.75) is 24.1 Å². The molecular weight excluding hydrogens is 324 g/mol. The van der Waals surface area contributed by atoms with Crippen molar-refractivity contribution < 1.29 is 54.1 Å². The Balaban J connectivity index is 2.92. The van der Waals surface area contributed by atoms with Gasteiger partial charge in [0.05, 0.1) is 6.61 Å². The first kappa shape index (κ1) is 17.5. The zero-order chi connectivity index (χ0) is 16.5. The minimum Gasteiger partial charge on any atom is -0.427 e. The Morgan fingerprint density at radius 2 is 1.71 bits per heavy atom. The molecule has 0 aromatic rings. The van der Waals surface area contributed by atoms with E-state index in [0.717, 1.165) is 0 Å². The summed E-state index contributed by atoms with van der Waals surface area (Å²) in [7, 11) is 0. The summed E-state index contributed by atoms with van der Waals surface area (Å²) in [5, 5.41) is 0. The molecule has 0 saturated carbocycles. The molecule has 1 heterocycles. The predicted molar refractivity (Wildman–Crippen MR) is 47.3 cm³/mol. The molecule has 1 aliphatic heterocycles. The zero-order valence-corrected chi connectivity index (χ0v) is 9.73. The van der Waals surface area contributed by atoms with Crippen LogP contribution in [-0.2, 0) is 14.2 Å². The summed E-state index contributed by atoms with van der Waals surface area (Å²) in [5.41, 5.74) is 0. The average Bonchev–Trinajstić information content (AvgIpc) is 2.65. The van der Waals surface area contributed by atoms with Crippen LogP contribution in [0.5, 0.6) is 0 Å². The van der Waals surface area contributed by atoms with Gasteiger partial charge in [0.15, 0.2) is 6.61 Å². The van der Waals surface area contributed by atoms with Crippen molar-refractivity contribution >= 4 is 6.16 Å². The van der Waals surface area contributed by atoms with Crippen molar-refractivity contribution in [3.8, 4) is 0 Å². The fraction of sp³-hybridized carbons (Fsp3) is 0.667. The molecule has 1 rings (SSSR count). The topological polar surface area (TPSA) is 44.8 Å². The molecular formula is C9H6F8O4. The summed E-state index contributed by atoms with van der Waals surface area (Å²) in [6.07, 6.45) is -13.1. The lowest BCUT2D eigenvalue weighted by Crippen LogP contribution is -2.60. The van der Waals surface area contributed by atoms with Gasteiger partial charge in [-0.3, -0.25) is 0 Å². The minimum atomic E-state index is -6.17. The minimum absolute atomic E-state index is 0.139. The maximum atomic E-state index is 13.3. The largest absolute Gasteiger partial charge is 0.511 e. The molecule has 1 fully saturated rings. The van der Waals surface area contributed by atoms with Crippen LogP contribution in [0.25, 0.3) is 0 Å². The van der Waals surface area contributed by atoms with Gasteiger partial charge < -0.3 is 14.2 Å². The summed E-state index contributed by atoms with van der Waals surface area (Å²) in [4.78, 5) is 10.6. The molecule has 0 N–H and O–H groups in total. The van der Waals surface area contributed by atoms with E-state index in [9.17, 15) is 39.9 Å². The van der Waals surface area contributed by atoms with E-state index in [1.165, 1.54) is 0 Å². The highest BCUT2D eigenvalue weighted by molar-refractivity contribution is 5.62.